The van der Waals surface area contributed by atoms with Gasteiger partial charge in [0.15, 0.2) is 4.80 Å². The fraction of sp³-hybridized carbons (Fsp3) is 0.211. The Bertz CT molecular complexity index is 1280. The molecule has 0 spiro atoms. The largest absolute Gasteiger partial charge is 0.383 e. The van der Waals surface area contributed by atoms with E-state index >= 15 is 0 Å². The number of nitrogens with one attached hydrogen (secondary N) is 1. The SMILES string of the molecule is COCCn1c(=NC(=O)c2cc([N+](=O)[O-])cc([N+](=O)[O-])c2)sc2cc(NC(C)=O)ccc21. The van der Waals surface area contributed by atoms with Crippen LogP contribution in [0, 0.1) is 20.2 Å². The van der Waals surface area contributed by atoms with Crippen LogP contribution in [0.5, 0.6) is 0 Å². The molecule has 0 bridgehead atoms. The predicted molar refractivity (Wildman–Crippen MR) is 116 cm³/mol. The number of hydrogen-bond donors (Lipinski definition) is 1. The van der Waals surface area contributed by atoms with Crippen LogP contribution in [0.25, 0.3) is 10.2 Å². The van der Waals surface area contributed by atoms with Gasteiger partial charge in [0.1, 0.15) is 0 Å². The predicted octanol–water partition coefficient (Wildman–Crippen LogP) is 2.87. The lowest BCUT2D eigenvalue weighted by Gasteiger charge is -2.05. The number of nitrogens with zero attached hydrogens (tertiary/aromatic N) is 4. The van der Waals surface area contributed by atoms with Crippen molar-refractivity contribution in [2.75, 3.05) is 19.0 Å². The summed E-state index contributed by atoms with van der Waals surface area (Å²) in [7, 11) is 1.52. The molecule has 0 fully saturated rings. The fourth-order valence-electron chi connectivity index (χ4n) is 2.92. The van der Waals surface area contributed by atoms with Gasteiger partial charge in [-0.1, -0.05) is 11.3 Å². The lowest BCUT2D eigenvalue weighted by atomic mass is 10.1. The second kappa shape index (κ2) is 9.45. The first-order chi connectivity index (χ1) is 15.2. The number of amides is 2. The van der Waals surface area contributed by atoms with Crippen LogP contribution in [0.2, 0.25) is 0 Å². The summed E-state index contributed by atoms with van der Waals surface area (Å²) in [5.74, 6) is -1.10. The molecule has 0 aliphatic rings. The number of nitro benzene ring substituents is 2. The summed E-state index contributed by atoms with van der Waals surface area (Å²) in [6.07, 6.45) is 0. The minimum Gasteiger partial charge on any atom is -0.383 e. The summed E-state index contributed by atoms with van der Waals surface area (Å²) in [6.45, 7) is 2.06. The van der Waals surface area contributed by atoms with Crippen molar-refractivity contribution in [1.29, 1.82) is 0 Å². The van der Waals surface area contributed by atoms with E-state index in [-0.39, 0.29) is 16.3 Å². The van der Waals surface area contributed by atoms with E-state index in [1.165, 1.54) is 14.0 Å². The Hall–Kier alpha value is -3.97. The number of ether oxygens (including phenoxy) is 1. The Balaban J connectivity index is 2.13. The number of hydrogen-bond acceptors (Lipinski definition) is 8. The summed E-state index contributed by atoms with van der Waals surface area (Å²) >= 11 is 1.16. The van der Waals surface area contributed by atoms with Crippen molar-refractivity contribution < 1.29 is 24.2 Å². The monoisotopic (exact) mass is 459 g/mol. The van der Waals surface area contributed by atoms with Gasteiger partial charge in [-0.2, -0.15) is 4.99 Å². The van der Waals surface area contributed by atoms with E-state index in [9.17, 15) is 29.8 Å². The highest BCUT2D eigenvalue weighted by Gasteiger charge is 2.20. The first kappa shape index (κ1) is 22.7. The van der Waals surface area contributed by atoms with Crippen LogP contribution in [0.1, 0.15) is 17.3 Å². The Morgan fingerprint density at radius 1 is 1.12 bits per heavy atom. The highest BCUT2D eigenvalue weighted by molar-refractivity contribution is 7.16. The minimum absolute atomic E-state index is 0.236. The van der Waals surface area contributed by atoms with E-state index in [1.807, 2.05) is 0 Å². The van der Waals surface area contributed by atoms with Gasteiger partial charge in [-0.05, 0) is 18.2 Å². The van der Waals surface area contributed by atoms with Crippen LogP contribution in [-0.4, -0.2) is 39.9 Å². The number of carbonyl (C=O) groups excluding carboxylic acids is 2. The molecule has 1 N–H and O–H groups in total. The number of nitro groups is 2. The Kier molecular flexibility index (Phi) is 6.70. The molecule has 13 heteroatoms. The quantitative estimate of drug-likeness (QED) is 0.420. The molecule has 2 amide bonds. The first-order valence-corrected chi connectivity index (χ1v) is 9.94. The molecule has 1 heterocycles. The van der Waals surface area contributed by atoms with E-state index in [2.05, 4.69) is 10.3 Å². The van der Waals surface area contributed by atoms with Crippen LogP contribution in [-0.2, 0) is 16.1 Å². The zero-order chi connectivity index (χ0) is 23.4. The van der Waals surface area contributed by atoms with Crippen LogP contribution in [0.3, 0.4) is 0 Å². The fourth-order valence-corrected chi connectivity index (χ4v) is 4.01. The van der Waals surface area contributed by atoms with E-state index in [1.54, 1.807) is 22.8 Å². The molecule has 0 saturated carbocycles. The van der Waals surface area contributed by atoms with E-state index < -0.39 is 27.1 Å². The van der Waals surface area contributed by atoms with Gasteiger partial charge in [-0.25, -0.2) is 0 Å². The van der Waals surface area contributed by atoms with Crippen LogP contribution < -0.4 is 10.1 Å². The molecular weight excluding hydrogens is 442 g/mol. The van der Waals surface area contributed by atoms with Crippen LogP contribution in [0.4, 0.5) is 17.1 Å². The lowest BCUT2D eigenvalue weighted by molar-refractivity contribution is -0.394. The summed E-state index contributed by atoms with van der Waals surface area (Å²) in [5, 5.41) is 24.9. The summed E-state index contributed by atoms with van der Waals surface area (Å²) < 4.78 is 7.57. The topological polar surface area (TPSA) is 159 Å². The Labute approximate surface area is 184 Å². The molecule has 32 heavy (non-hydrogen) atoms. The maximum absolute atomic E-state index is 12.8. The molecule has 0 radical (unpaired) electrons. The summed E-state index contributed by atoms with van der Waals surface area (Å²) in [5.41, 5.74) is -0.141. The first-order valence-electron chi connectivity index (χ1n) is 9.12. The summed E-state index contributed by atoms with van der Waals surface area (Å²) in [4.78, 5) is 49.0. The van der Waals surface area contributed by atoms with Crippen molar-refractivity contribution in [3.8, 4) is 0 Å². The van der Waals surface area contributed by atoms with Crippen LogP contribution >= 0.6 is 11.3 Å². The van der Waals surface area contributed by atoms with Crippen molar-refractivity contribution in [2.45, 2.75) is 13.5 Å². The second-order valence-corrected chi connectivity index (χ2v) is 7.57. The van der Waals surface area contributed by atoms with E-state index in [4.69, 9.17) is 4.74 Å². The van der Waals surface area contributed by atoms with Gasteiger partial charge in [0, 0.05) is 38.4 Å². The van der Waals surface area contributed by atoms with E-state index in [0.717, 1.165) is 39.8 Å². The number of aromatic nitrogens is 1. The van der Waals surface area contributed by atoms with Crippen LogP contribution in [0.15, 0.2) is 41.4 Å². The van der Waals surface area contributed by atoms with Crippen molar-refractivity contribution >= 4 is 50.4 Å². The lowest BCUT2D eigenvalue weighted by Crippen LogP contribution is -2.19. The maximum atomic E-state index is 12.8. The highest BCUT2D eigenvalue weighted by atomic mass is 32.1. The van der Waals surface area contributed by atoms with Gasteiger partial charge in [0.2, 0.25) is 5.91 Å². The standard InChI is InChI=1S/C19H17N5O7S/c1-11(25)20-13-3-4-16-17(9-13)32-19(22(16)5-6-31-2)21-18(26)12-7-14(23(27)28)10-15(8-12)24(29)30/h3-4,7-10H,5-6H2,1-2H3,(H,20,25). The normalized spacial score (nSPS) is 11.5. The molecule has 0 aliphatic heterocycles. The zero-order valence-electron chi connectivity index (χ0n) is 16.9. The molecule has 3 rings (SSSR count). The van der Waals surface area contributed by atoms with Crippen molar-refractivity contribution in [1.82, 2.24) is 4.57 Å². The van der Waals surface area contributed by atoms with Gasteiger partial charge < -0.3 is 14.6 Å². The smallest absolute Gasteiger partial charge is 0.280 e. The molecule has 3 aromatic rings. The molecule has 166 valence electrons. The Morgan fingerprint density at radius 2 is 1.78 bits per heavy atom. The number of benzene rings is 2. The number of thiazole rings is 1. The molecular formula is C19H17N5O7S. The number of carbonyl (C=O) groups is 2. The molecule has 1 aromatic heterocycles. The minimum atomic E-state index is -0.864. The third-order valence-electron chi connectivity index (χ3n) is 4.29. The van der Waals surface area contributed by atoms with Crippen molar-refractivity contribution in [3.05, 3.63) is 67.0 Å². The number of non-ortho nitro benzene ring substituents is 2. The molecule has 0 aliphatic carbocycles. The number of rotatable bonds is 7. The molecule has 2 aromatic carbocycles. The second-order valence-electron chi connectivity index (χ2n) is 6.56. The van der Waals surface area contributed by atoms with Gasteiger partial charge in [0.25, 0.3) is 17.3 Å². The van der Waals surface area contributed by atoms with Crippen molar-refractivity contribution in [3.63, 3.8) is 0 Å². The Morgan fingerprint density at radius 3 is 2.34 bits per heavy atom. The third kappa shape index (κ3) is 5.01. The molecule has 0 atom stereocenters. The molecule has 0 saturated heterocycles. The average Bonchev–Trinajstić information content (AvgIpc) is 3.07. The van der Waals surface area contributed by atoms with Gasteiger partial charge >= 0.3 is 0 Å². The average molecular weight is 459 g/mol. The maximum Gasteiger partial charge on any atom is 0.280 e. The van der Waals surface area contributed by atoms with E-state index in [0.29, 0.717) is 18.8 Å². The van der Waals surface area contributed by atoms with Gasteiger partial charge in [-0.3, -0.25) is 29.8 Å². The molecule has 0 unspecified atom stereocenters. The number of anilines is 1. The highest BCUT2D eigenvalue weighted by Crippen LogP contribution is 2.24. The summed E-state index contributed by atoms with van der Waals surface area (Å²) in [6, 6.07) is 7.86. The zero-order valence-corrected chi connectivity index (χ0v) is 17.7. The molecule has 12 nitrogen and oxygen atoms in total. The number of methoxy groups -OCH3 is 1. The number of fused-ring (bicyclic) bond motifs is 1. The van der Waals surface area contributed by atoms with Crippen molar-refractivity contribution in [2.24, 2.45) is 4.99 Å². The van der Waals surface area contributed by atoms with Gasteiger partial charge in [0.05, 0.1) is 38.3 Å². The van der Waals surface area contributed by atoms with Gasteiger partial charge in [-0.15, -0.1) is 0 Å². The third-order valence-corrected chi connectivity index (χ3v) is 5.33.